The lowest BCUT2D eigenvalue weighted by Crippen LogP contribution is -2.35. The number of benzene rings is 1. The van der Waals surface area contributed by atoms with Gasteiger partial charge in [-0.25, -0.2) is 0 Å². The molecule has 29 heavy (non-hydrogen) atoms. The molecule has 0 spiro atoms. The summed E-state index contributed by atoms with van der Waals surface area (Å²) < 4.78 is 14.8. The van der Waals surface area contributed by atoms with Gasteiger partial charge in [-0.2, -0.15) is 0 Å². The fourth-order valence-corrected chi connectivity index (χ4v) is 2.40. The lowest BCUT2D eigenvalue weighted by molar-refractivity contribution is -0.385. The van der Waals surface area contributed by atoms with E-state index in [1.165, 1.54) is 20.8 Å². The molecule has 11 heteroatoms. The molecule has 1 aromatic rings. The molecule has 0 saturated carbocycles. The maximum Gasteiger partial charge on any atom is 0.328 e. The van der Waals surface area contributed by atoms with Crippen LogP contribution in [0.2, 0.25) is 0 Å². The number of nitro benzene ring substituents is 1. The highest BCUT2D eigenvalue weighted by atomic mass is 16.6. The lowest BCUT2D eigenvalue weighted by atomic mass is 9.95. The number of nitrogens with zero attached hydrogens (tertiary/aromatic N) is 1. The van der Waals surface area contributed by atoms with Gasteiger partial charge in [0.2, 0.25) is 11.8 Å². The Morgan fingerprint density at radius 3 is 2.00 bits per heavy atom. The zero-order chi connectivity index (χ0) is 22.1. The predicted octanol–water partition coefficient (Wildman–Crippen LogP) is 1.88. The lowest BCUT2D eigenvalue weighted by Gasteiger charge is -2.16. The van der Waals surface area contributed by atoms with Crippen molar-refractivity contribution in [3.63, 3.8) is 0 Å². The van der Waals surface area contributed by atoms with Gasteiger partial charge in [0.05, 0.1) is 42.1 Å². The summed E-state index contributed by atoms with van der Waals surface area (Å²) >= 11 is 0. The highest BCUT2D eigenvalue weighted by Gasteiger charge is 2.40. The van der Waals surface area contributed by atoms with Crippen molar-refractivity contribution in [1.29, 1.82) is 0 Å². The number of amides is 1. The first kappa shape index (κ1) is 23.5. The summed E-state index contributed by atoms with van der Waals surface area (Å²) in [7, 11) is 0. The van der Waals surface area contributed by atoms with Crippen LogP contribution in [0.4, 0.5) is 11.4 Å². The fraction of sp³-hybridized carbons (Fsp3) is 0.444. The van der Waals surface area contributed by atoms with E-state index in [4.69, 9.17) is 14.2 Å². The molecule has 1 N–H and O–H groups in total. The van der Waals surface area contributed by atoms with Crippen molar-refractivity contribution >= 4 is 35.0 Å². The summed E-state index contributed by atoms with van der Waals surface area (Å²) in [5.74, 6) is -6.19. The summed E-state index contributed by atoms with van der Waals surface area (Å²) in [4.78, 5) is 59.4. The standard InChI is InChI=1S/C18H22N2O9/c1-5-27-14-9-13(20(25)26)11(8-12(14)19-10(4)21)16(22)15(17(23)28-6-2)18(24)29-7-3/h8-9,15H,5-7H2,1-4H3,(H,19,21). The highest BCUT2D eigenvalue weighted by Crippen LogP contribution is 2.35. The van der Waals surface area contributed by atoms with Gasteiger partial charge < -0.3 is 19.5 Å². The molecule has 158 valence electrons. The molecule has 0 saturated heterocycles. The van der Waals surface area contributed by atoms with Gasteiger partial charge in [-0.05, 0) is 26.8 Å². The summed E-state index contributed by atoms with van der Waals surface area (Å²) in [6, 6.07) is 1.92. The third-order valence-corrected chi connectivity index (χ3v) is 3.48. The number of nitro groups is 1. The van der Waals surface area contributed by atoms with E-state index in [2.05, 4.69) is 5.32 Å². The van der Waals surface area contributed by atoms with Crippen LogP contribution in [0.3, 0.4) is 0 Å². The van der Waals surface area contributed by atoms with Crippen LogP contribution in [0.1, 0.15) is 38.1 Å². The minimum atomic E-state index is -2.04. The molecule has 0 fully saturated rings. The van der Waals surface area contributed by atoms with E-state index in [-0.39, 0.29) is 31.3 Å². The van der Waals surface area contributed by atoms with Gasteiger partial charge in [0, 0.05) is 6.92 Å². The Morgan fingerprint density at radius 2 is 1.59 bits per heavy atom. The van der Waals surface area contributed by atoms with E-state index in [0.717, 1.165) is 12.1 Å². The molecule has 0 aliphatic carbocycles. The number of nitrogens with one attached hydrogen (secondary N) is 1. The minimum absolute atomic E-state index is 0.0280. The number of ketones is 1. The minimum Gasteiger partial charge on any atom is -0.491 e. The molecule has 0 aliphatic heterocycles. The normalized spacial score (nSPS) is 10.2. The number of carbonyl (C=O) groups excluding carboxylic acids is 4. The van der Waals surface area contributed by atoms with Crippen LogP contribution < -0.4 is 10.1 Å². The van der Waals surface area contributed by atoms with E-state index in [1.54, 1.807) is 6.92 Å². The largest absolute Gasteiger partial charge is 0.491 e. The number of hydrogen-bond donors (Lipinski definition) is 1. The van der Waals surface area contributed by atoms with Crippen LogP contribution in [0.15, 0.2) is 12.1 Å². The predicted molar refractivity (Wildman–Crippen MR) is 99.7 cm³/mol. The van der Waals surface area contributed by atoms with Crippen molar-refractivity contribution in [2.75, 3.05) is 25.1 Å². The summed E-state index contributed by atoms with van der Waals surface area (Å²) in [6.45, 7) is 5.65. The van der Waals surface area contributed by atoms with Gasteiger partial charge >= 0.3 is 11.9 Å². The third kappa shape index (κ3) is 5.99. The first-order valence-electron chi connectivity index (χ1n) is 8.78. The maximum absolute atomic E-state index is 13.0. The molecular weight excluding hydrogens is 388 g/mol. The van der Waals surface area contributed by atoms with Gasteiger partial charge in [0.25, 0.3) is 5.69 Å². The maximum atomic E-state index is 13.0. The molecular formula is C18H22N2O9. The van der Waals surface area contributed by atoms with Crippen molar-refractivity contribution in [2.24, 2.45) is 5.92 Å². The van der Waals surface area contributed by atoms with Crippen molar-refractivity contribution < 1.29 is 38.3 Å². The van der Waals surface area contributed by atoms with Gasteiger partial charge in [0.15, 0.2) is 5.78 Å². The number of rotatable bonds is 10. The van der Waals surface area contributed by atoms with Crippen molar-refractivity contribution in [1.82, 2.24) is 0 Å². The first-order valence-corrected chi connectivity index (χ1v) is 8.78. The first-order chi connectivity index (χ1) is 13.7. The third-order valence-electron chi connectivity index (χ3n) is 3.48. The van der Waals surface area contributed by atoms with E-state index >= 15 is 0 Å². The van der Waals surface area contributed by atoms with E-state index in [9.17, 15) is 29.3 Å². The van der Waals surface area contributed by atoms with Crippen LogP contribution in [-0.2, 0) is 23.9 Å². The molecule has 0 radical (unpaired) electrons. The fourth-order valence-electron chi connectivity index (χ4n) is 2.40. The van der Waals surface area contributed by atoms with E-state index in [1.807, 2.05) is 0 Å². The topological polar surface area (TPSA) is 151 Å². The Bertz CT molecular complexity index is 802. The zero-order valence-corrected chi connectivity index (χ0v) is 16.5. The Morgan fingerprint density at radius 1 is 1.03 bits per heavy atom. The van der Waals surface area contributed by atoms with Crippen LogP contribution in [0.5, 0.6) is 5.75 Å². The van der Waals surface area contributed by atoms with Gasteiger partial charge in [0.1, 0.15) is 5.75 Å². The second-order valence-corrected chi connectivity index (χ2v) is 5.54. The second kappa shape index (κ2) is 10.7. The zero-order valence-electron chi connectivity index (χ0n) is 16.5. The molecule has 1 rings (SSSR count). The molecule has 0 unspecified atom stereocenters. The molecule has 1 amide bonds. The van der Waals surface area contributed by atoms with E-state index in [0.29, 0.717) is 0 Å². The monoisotopic (exact) mass is 410 g/mol. The van der Waals surface area contributed by atoms with E-state index < -0.39 is 45.7 Å². The Kier molecular flexibility index (Phi) is 8.71. The quantitative estimate of drug-likeness (QED) is 0.200. The van der Waals surface area contributed by atoms with Crippen molar-refractivity contribution in [2.45, 2.75) is 27.7 Å². The van der Waals surface area contributed by atoms with Crippen LogP contribution in [0.25, 0.3) is 0 Å². The number of esters is 2. The molecule has 0 aromatic heterocycles. The number of anilines is 1. The van der Waals surface area contributed by atoms with Gasteiger partial charge in [-0.1, -0.05) is 0 Å². The van der Waals surface area contributed by atoms with Gasteiger partial charge in [-0.15, -0.1) is 0 Å². The molecule has 0 heterocycles. The van der Waals surface area contributed by atoms with Gasteiger partial charge in [-0.3, -0.25) is 29.3 Å². The Labute approximate surface area is 166 Å². The van der Waals surface area contributed by atoms with Crippen LogP contribution in [0, 0.1) is 16.0 Å². The SMILES string of the molecule is CCOC(=O)C(C(=O)OCC)C(=O)c1cc(NC(C)=O)c(OCC)cc1[N+](=O)[O-]. The number of Topliss-reactive ketones (excluding diaryl/α,β-unsaturated/α-hetero) is 1. The van der Waals surface area contributed by atoms with Crippen LogP contribution in [-0.4, -0.2) is 48.4 Å². The molecule has 11 nitrogen and oxygen atoms in total. The molecule has 0 bridgehead atoms. The summed E-state index contributed by atoms with van der Waals surface area (Å²) in [5.41, 5.74) is -1.31. The van der Waals surface area contributed by atoms with Crippen molar-refractivity contribution in [3.05, 3.63) is 27.8 Å². The summed E-state index contributed by atoms with van der Waals surface area (Å²) in [6.07, 6.45) is 0. The number of carbonyl (C=O) groups is 4. The average molecular weight is 410 g/mol. The number of ether oxygens (including phenoxy) is 3. The number of hydrogen-bond acceptors (Lipinski definition) is 9. The molecule has 0 aliphatic rings. The summed E-state index contributed by atoms with van der Waals surface area (Å²) in [5, 5.41) is 13.9. The molecule has 1 aromatic carbocycles. The average Bonchev–Trinajstić information content (AvgIpc) is 2.62. The Hall–Kier alpha value is -3.50. The smallest absolute Gasteiger partial charge is 0.328 e. The van der Waals surface area contributed by atoms with Crippen molar-refractivity contribution in [3.8, 4) is 5.75 Å². The Balaban J connectivity index is 3.62. The van der Waals surface area contributed by atoms with Crippen LogP contribution >= 0.6 is 0 Å². The highest BCUT2D eigenvalue weighted by molar-refractivity contribution is 6.22. The molecule has 0 atom stereocenters. The second-order valence-electron chi connectivity index (χ2n) is 5.54.